The van der Waals surface area contributed by atoms with Gasteiger partial charge in [0.2, 0.25) is 0 Å². The van der Waals surface area contributed by atoms with E-state index < -0.39 is 0 Å². The number of hydrogen-bond acceptors (Lipinski definition) is 5. The third kappa shape index (κ3) is 3.11. The van der Waals surface area contributed by atoms with Gasteiger partial charge in [-0.3, -0.25) is 4.79 Å². The Morgan fingerprint density at radius 2 is 2.12 bits per heavy atom. The van der Waals surface area contributed by atoms with Gasteiger partial charge in [-0.05, 0) is 24.6 Å². The molecule has 1 aromatic heterocycles. The number of nitrogens with zero attached hydrogens (tertiary/aromatic N) is 3. The predicted molar refractivity (Wildman–Crippen MR) is 101 cm³/mol. The number of rotatable bonds is 2. The van der Waals surface area contributed by atoms with Crippen molar-refractivity contribution in [1.82, 2.24) is 9.78 Å². The lowest BCUT2D eigenvalue weighted by atomic mass is 10.0. The van der Waals surface area contributed by atoms with E-state index in [1.54, 1.807) is 18.3 Å². The van der Waals surface area contributed by atoms with E-state index in [2.05, 4.69) is 10.00 Å². The Bertz CT molecular complexity index is 894. The molecule has 2 aliphatic rings. The fourth-order valence-electron chi connectivity index (χ4n) is 3.42. The highest BCUT2D eigenvalue weighted by Gasteiger charge is 2.41. The molecule has 2 aromatic rings. The summed E-state index contributed by atoms with van der Waals surface area (Å²) in [5.74, 6) is 0. The van der Waals surface area contributed by atoms with E-state index in [1.807, 2.05) is 13.0 Å². The number of aromatic nitrogens is 2. The van der Waals surface area contributed by atoms with Crippen molar-refractivity contribution in [3.05, 3.63) is 50.4 Å². The fraction of sp³-hybridized carbons (Fsp3) is 0.444. The first kappa shape index (κ1) is 17.8. The van der Waals surface area contributed by atoms with Gasteiger partial charge in [0, 0.05) is 31.1 Å². The average molecular weight is 396 g/mol. The smallest absolute Gasteiger partial charge is 0.292 e. The Kier molecular flexibility index (Phi) is 4.69. The summed E-state index contributed by atoms with van der Waals surface area (Å²) in [6, 6.07) is 5.35. The monoisotopic (exact) mass is 395 g/mol. The van der Waals surface area contributed by atoms with E-state index in [9.17, 15) is 4.79 Å². The van der Waals surface area contributed by atoms with Crippen LogP contribution in [0.5, 0.6) is 0 Å². The number of ether oxygens (including phenoxy) is 2. The van der Waals surface area contributed by atoms with Gasteiger partial charge in [-0.2, -0.15) is 9.78 Å². The Morgan fingerprint density at radius 3 is 2.85 bits per heavy atom. The van der Waals surface area contributed by atoms with Gasteiger partial charge in [0.1, 0.15) is 10.6 Å². The summed E-state index contributed by atoms with van der Waals surface area (Å²) in [5.41, 5.74) is 1.46. The maximum Gasteiger partial charge on any atom is 0.292 e. The molecule has 4 rings (SSSR count). The SMILES string of the molecule is Cc1ccc(-n2ncc(N3CCOC4(CCOC4)C3)c(Cl)c2=O)cc1Cl. The molecule has 0 bridgehead atoms. The minimum Gasteiger partial charge on any atom is -0.378 e. The van der Waals surface area contributed by atoms with Crippen LogP contribution in [-0.2, 0) is 9.47 Å². The summed E-state index contributed by atoms with van der Waals surface area (Å²) in [6.45, 7) is 5.01. The van der Waals surface area contributed by atoms with E-state index in [0.29, 0.717) is 49.3 Å². The zero-order valence-corrected chi connectivity index (χ0v) is 15.9. The molecule has 2 saturated heterocycles. The van der Waals surface area contributed by atoms with E-state index in [-0.39, 0.29) is 16.2 Å². The molecular formula is C18H19Cl2N3O3. The molecule has 0 N–H and O–H groups in total. The second-order valence-corrected chi connectivity index (χ2v) is 7.54. The lowest BCUT2D eigenvalue weighted by molar-refractivity contribution is -0.0579. The van der Waals surface area contributed by atoms with E-state index in [1.165, 1.54) is 4.68 Å². The van der Waals surface area contributed by atoms with Crippen molar-refractivity contribution in [1.29, 1.82) is 0 Å². The van der Waals surface area contributed by atoms with Crippen LogP contribution < -0.4 is 10.5 Å². The number of aryl methyl sites for hydroxylation is 1. The van der Waals surface area contributed by atoms with E-state index in [0.717, 1.165) is 12.0 Å². The highest BCUT2D eigenvalue weighted by molar-refractivity contribution is 6.33. The van der Waals surface area contributed by atoms with Gasteiger partial charge in [-0.1, -0.05) is 29.3 Å². The molecule has 1 aromatic carbocycles. The van der Waals surface area contributed by atoms with Crippen LogP contribution in [-0.4, -0.2) is 48.3 Å². The Hall–Kier alpha value is -1.60. The van der Waals surface area contributed by atoms with Crippen molar-refractivity contribution >= 4 is 28.9 Å². The molecule has 0 amide bonds. The minimum absolute atomic E-state index is 0.146. The van der Waals surface area contributed by atoms with Gasteiger partial charge >= 0.3 is 0 Å². The largest absolute Gasteiger partial charge is 0.378 e. The van der Waals surface area contributed by atoms with Crippen molar-refractivity contribution in [3.63, 3.8) is 0 Å². The van der Waals surface area contributed by atoms with Gasteiger partial charge in [-0.15, -0.1) is 0 Å². The van der Waals surface area contributed by atoms with Crippen LogP contribution >= 0.6 is 23.2 Å². The number of halogens is 2. The molecule has 26 heavy (non-hydrogen) atoms. The van der Waals surface area contributed by atoms with Crippen LogP contribution in [0.3, 0.4) is 0 Å². The van der Waals surface area contributed by atoms with Gasteiger partial charge in [0.25, 0.3) is 5.56 Å². The standard InChI is InChI=1S/C18H19Cl2N3O3/c1-12-2-3-13(8-14(12)19)23-17(24)16(20)15(9-21-23)22-5-7-26-18(10-22)4-6-25-11-18/h2-3,8-9H,4-7,10-11H2,1H3. The van der Waals surface area contributed by atoms with Crippen LogP contribution in [0, 0.1) is 6.92 Å². The zero-order chi connectivity index (χ0) is 18.3. The third-order valence-electron chi connectivity index (χ3n) is 4.96. The van der Waals surface area contributed by atoms with Gasteiger partial charge in [-0.25, -0.2) is 0 Å². The predicted octanol–water partition coefficient (Wildman–Crippen LogP) is 2.84. The molecule has 1 atom stereocenters. The summed E-state index contributed by atoms with van der Waals surface area (Å²) in [5, 5.41) is 5.04. The summed E-state index contributed by atoms with van der Waals surface area (Å²) in [4.78, 5) is 14.8. The molecule has 2 fully saturated rings. The number of benzene rings is 1. The van der Waals surface area contributed by atoms with Crippen molar-refractivity contribution in [2.24, 2.45) is 0 Å². The first-order valence-electron chi connectivity index (χ1n) is 8.50. The Balaban J connectivity index is 1.68. The molecule has 1 unspecified atom stereocenters. The molecular weight excluding hydrogens is 377 g/mol. The highest BCUT2D eigenvalue weighted by atomic mass is 35.5. The quantitative estimate of drug-likeness (QED) is 0.782. The molecule has 8 heteroatoms. The zero-order valence-electron chi connectivity index (χ0n) is 14.4. The highest BCUT2D eigenvalue weighted by Crippen LogP contribution is 2.32. The lowest BCUT2D eigenvalue weighted by Crippen LogP contribution is -2.52. The second kappa shape index (κ2) is 6.85. The van der Waals surface area contributed by atoms with Crippen molar-refractivity contribution < 1.29 is 9.47 Å². The van der Waals surface area contributed by atoms with Crippen LogP contribution in [0.2, 0.25) is 10.0 Å². The topological polar surface area (TPSA) is 56.6 Å². The van der Waals surface area contributed by atoms with Crippen LogP contribution in [0.15, 0.2) is 29.2 Å². The molecule has 0 radical (unpaired) electrons. The van der Waals surface area contributed by atoms with Crippen molar-refractivity contribution in [2.45, 2.75) is 18.9 Å². The maximum absolute atomic E-state index is 12.8. The van der Waals surface area contributed by atoms with Crippen molar-refractivity contribution in [2.75, 3.05) is 37.8 Å². The third-order valence-corrected chi connectivity index (χ3v) is 5.72. The summed E-state index contributed by atoms with van der Waals surface area (Å²) >= 11 is 12.6. The van der Waals surface area contributed by atoms with Gasteiger partial charge < -0.3 is 14.4 Å². The van der Waals surface area contributed by atoms with E-state index in [4.69, 9.17) is 32.7 Å². The summed E-state index contributed by atoms with van der Waals surface area (Å²) in [6.07, 6.45) is 2.47. The maximum atomic E-state index is 12.8. The average Bonchev–Trinajstić information content (AvgIpc) is 3.07. The molecule has 1 spiro atoms. The normalized spacial score (nSPS) is 23.0. The summed E-state index contributed by atoms with van der Waals surface area (Å²) in [7, 11) is 0. The van der Waals surface area contributed by atoms with Gasteiger partial charge in [0.15, 0.2) is 0 Å². The Morgan fingerprint density at radius 1 is 1.27 bits per heavy atom. The fourth-order valence-corrected chi connectivity index (χ4v) is 3.84. The minimum atomic E-state index is -0.368. The number of morpholine rings is 1. The van der Waals surface area contributed by atoms with Crippen LogP contribution in [0.25, 0.3) is 5.69 Å². The van der Waals surface area contributed by atoms with Crippen LogP contribution in [0.4, 0.5) is 5.69 Å². The molecule has 0 aliphatic carbocycles. The van der Waals surface area contributed by atoms with Gasteiger partial charge in [0.05, 0.1) is 30.8 Å². The second-order valence-electron chi connectivity index (χ2n) is 6.75. The first-order chi connectivity index (χ1) is 12.5. The number of anilines is 1. The molecule has 0 saturated carbocycles. The number of hydrogen-bond donors (Lipinski definition) is 0. The molecule has 6 nitrogen and oxygen atoms in total. The van der Waals surface area contributed by atoms with E-state index >= 15 is 0 Å². The molecule has 2 aliphatic heterocycles. The lowest BCUT2D eigenvalue weighted by Gasteiger charge is -2.40. The first-order valence-corrected chi connectivity index (χ1v) is 9.26. The van der Waals surface area contributed by atoms with Crippen molar-refractivity contribution in [3.8, 4) is 5.69 Å². The molecule has 3 heterocycles. The molecule has 138 valence electrons. The summed E-state index contributed by atoms with van der Waals surface area (Å²) < 4.78 is 12.7. The van der Waals surface area contributed by atoms with Crippen LogP contribution in [0.1, 0.15) is 12.0 Å². The Labute approximate surface area is 161 Å².